The van der Waals surface area contributed by atoms with E-state index in [1.165, 1.54) is 25.1 Å². The lowest BCUT2D eigenvalue weighted by Gasteiger charge is -2.35. The number of benzene rings is 1. The molecular formula is C21H28N4O9. The van der Waals surface area contributed by atoms with Gasteiger partial charge in [-0.25, -0.2) is 0 Å². The lowest BCUT2D eigenvalue weighted by Crippen LogP contribution is -2.51. The number of aromatic nitrogens is 3. The lowest BCUT2D eigenvalue weighted by molar-refractivity contribution is -0.386. The van der Waals surface area contributed by atoms with Gasteiger partial charge in [0, 0.05) is 38.6 Å². The summed E-state index contributed by atoms with van der Waals surface area (Å²) in [5.74, 6) is -0.707. The Bertz CT molecular complexity index is 998. The van der Waals surface area contributed by atoms with Gasteiger partial charge in [-0.3, -0.25) is 19.6 Å². The first-order valence-corrected chi connectivity index (χ1v) is 10.9. The summed E-state index contributed by atoms with van der Waals surface area (Å²) in [6.07, 6.45) is -3.01. The predicted molar refractivity (Wildman–Crippen MR) is 115 cm³/mol. The molecule has 5 unspecified atom stereocenters. The summed E-state index contributed by atoms with van der Waals surface area (Å²) >= 11 is 0. The van der Waals surface area contributed by atoms with E-state index in [-0.39, 0.29) is 18.6 Å². The Kier molecular flexibility index (Phi) is 8.50. The monoisotopic (exact) mass is 480 g/mol. The molecule has 0 spiro atoms. The zero-order chi connectivity index (χ0) is 24.8. The van der Waals surface area contributed by atoms with Gasteiger partial charge >= 0.3 is 11.7 Å². The molecular weight excluding hydrogens is 452 g/mol. The lowest BCUT2D eigenvalue weighted by atomic mass is 10.0. The highest BCUT2D eigenvalue weighted by Gasteiger charge is 2.38. The average Bonchev–Trinajstić information content (AvgIpc) is 3.22. The number of hydrogen-bond donors (Lipinski definition) is 3. The molecule has 186 valence electrons. The van der Waals surface area contributed by atoms with Crippen molar-refractivity contribution < 1.29 is 39.2 Å². The van der Waals surface area contributed by atoms with Crippen LogP contribution in [0.4, 0.5) is 5.69 Å². The zero-order valence-electron chi connectivity index (χ0n) is 18.8. The fourth-order valence-electron chi connectivity index (χ4n) is 3.65. The van der Waals surface area contributed by atoms with E-state index in [4.69, 9.17) is 14.2 Å². The molecule has 2 heterocycles. The number of rotatable bonds is 10. The molecule has 34 heavy (non-hydrogen) atoms. The molecule has 1 aromatic carbocycles. The molecule has 0 bridgehead atoms. The van der Waals surface area contributed by atoms with Crippen LogP contribution in [0, 0.1) is 10.1 Å². The summed E-state index contributed by atoms with van der Waals surface area (Å²) in [6, 6.07) is 4.09. The summed E-state index contributed by atoms with van der Waals surface area (Å²) in [6.45, 7) is 3.35. The van der Waals surface area contributed by atoms with Crippen LogP contribution < -0.4 is 4.74 Å². The number of nitro benzene ring substituents is 1. The summed E-state index contributed by atoms with van der Waals surface area (Å²) in [7, 11) is 0. The van der Waals surface area contributed by atoms with E-state index < -0.39 is 53.9 Å². The van der Waals surface area contributed by atoms with Gasteiger partial charge in [0.15, 0.2) is 5.75 Å². The van der Waals surface area contributed by atoms with Gasteiger partial charge in [0.05, 0.1) is 23.3 Å². The molecule has 0 saturated carbocycles. The average molecular weight is 480 g/mol. The van der Waals surface area contributed by atoms with E-state index in [0.717, 1.165) is 6.42 Å². The number of nitro groups is 1. The number of aliphatic hydroxyl groups excluding tert-OH is 3. The molecule has 2 aromatic rings. The van der Waals surface area contributed by atoms with Gasteiger partial charge in [-0.15, -0.1) is 5.10 Å². The van der Waals surface area contributed by atoms with Crippen molar-refractivity contribution in [1.29, 1.82) is 0 Å². The van der Waals surface area contributed by atoms with Crippen LogP contribution in [0.2, 0.25) is 0 Å². The van der Waals surface area contributed by atoms with Crippen molar-refractivity contribution in [2.24, 2.45) is 0 Å². The Morgan fingerprint density at radius 2 is 2.18 bits per heavy atom. The van der Waals surface area contributed by atoms with Gasteiger partial charge < -0.3 is 29.5 Å². The fourth-order valence-corrected chi connectivity index (χ4v) is 3.65. The minimum absolute atomic E-state index is 0.144. The van der Waals surface area contributed by atoms with Crippen molar-refractivity contribution in [1.82, 2.24) is 15.0 Å². The standard InChI is InChI=1S/C21H28N4O9/c1-3-6-24-10-14(22-23-24)8-18(32-12(2)27)13-4-5-17(15(7-13)25(30)31)33-20-9-16(28)21(29)19(11-26)34-20/h4-5,7,10,16,18-21,26,28-29H,3,6,8-9,11H2,1-2H3. The molecule has 0 amide bonds. The third-order valence-electron chi connectivity index (χ3n) is 5.27. The molecule has 5 atom stereocenters. The van der Waals surface area contributed by atoms with E-state index in [1.807, 2.05) is 6.92 Å². The summed E-state index contributed by atoms with van der Waals surface area (Å²) in [4.78, 5) is 22.8. The largest absolute Gasteiger partial charge is 0.458 e. The van der Waals surface area contributed by atoms with Crippen LogP contribution in [0.1, 0.15) is 44.1 Å². The van der Waals surface area contributed by atoms with E-state index in [1.54, 1.807) is 10.9 Å². The maximum Gasteiger partial charge on any atom is 0.311 e. The minimum atomic E-state index is -1.30. The molecule has 1 saturated heterocycles. The van der Waals surface area contributed by atoms with Crippen molar-refractivity contribution in [3.63, 3.8) is 0 Å². The van der Waals surface area contributed by atoms with Gasteiger partial charge in [0.25, 0.3) is 0 Å². The highest BCUT2D eigenvalue weighted by atomic mass is 16.7. The number of carbonyl (C=O) groups excluding carboxylic acids is 1. The van der Waals surface area contributed by atoms with Gasteiger partial charge in [-0.05, 0) is 18.1 Å². The topological polar surface area (TPSA) is 179 Å². The number of ether oxygens (including phenoxy) is 3. The van der Waals surface area contributed by atoms with E-state index in [0.29, 0.717) is 17.8 Å². The summed E-state index contributed by atoms with van der Waals surface area (Å²) < 4.78 is 18.0. The van der Waals surface area contributed by atoms with Crippen molar-refractivity contribution in [3.8, 4) is 5.75 Å². The van der Waals surface area contributed by atoms with Crippen LogP contribution in [0.3, 0.4) is 0 Å². The number of aliphatic hydroxyl groups is 3. The quantitative estimate of drug-likeness (QED) is 0.247. The molecule has 0 aliphatic carbocycles. The summed E-state index contributed by atoms with van der Waals surface area (Å²) in [5.41, 5.74) is 0.502. The van der Waals surface area contributed by atoms with E-state index in [2.05, 4.69) is 10.3 Å². The van der Waals surface area contributed by atoms with Crippen molar-refractivity contribution in [3.05, 3.63) is 45.8 Å². The SMILES string of the molecule is CCCn1cc(CC(OC(C)=O)c2ccc(OC3CC(O)C(O)C(CO)O3)c([N+](=O)[O-])c2)nn1. The Hall–Kier alpha value is -3.13. The molecule has 3 N–H and O–H groups in total. The highest BCUT2D eigenvalue weighted by Crippen LogP contribution is 2.34. The Morgan fingerprint density at radius 1 is 1.41 bits per heavy atom. The highest BCUT2D eigenvalue weighted by molar-refractivity contribution is 5.66. The maximum atomic E-state index is 11.8. The first-order chi connectivity index (χ1) is 16.2. The number of aryl methyl sites for hydroxylation is 1. The Balaban J connectivity index is 1.83. The van der Waals surface area contributed by atoms with Crippen LogP contribution in [0.5, 0.6) is 5.75 Å². The molecule has 1 fully saturated rings. The number of nitrogens with zero attached hydrogens (tertiary/aromatic N) is 4. The number of carbonyl (C=O) groups is 1. The smallest absolute Gasteiger partial charge is 0.311 e. The van der Waals surface area contributed by atoms with Crippen LogP contribution in [-0.4, -0.2) is 72.4 Å². The van der Waals surface area contributed by atoms with Crippen molar-refractivity contribution in [2.45, 2.75) is 70.4 Å². The first-order valence-electron chi connectivity index (χ1n) is 10.9. The third-order valence-corrected chi connectivity index (χ3v) is 5.27. The first kappa shape index (κ1) is 25.5. The van der Waals surface area contributed by atoms with E-state index in [9.17, 15) is 30.2 Å². The van der Waals surface area contributed by atoms with Crippen LogP contribution in [-0.2, 0) is 27.2 Å². The molecule has 1 aliphatic rings. The molecule has 0 radical (unpaired) electrons. The van der Waals surface area contributed by atoms with Gasteiger partial charge in [-0.2, -0.15) is 0 Å². The van der Waals surface area contributed by atoms with Crippen molar-refractivity contribution in [2.75, 3.05) is 6.61 Å². The zero-order valence-corrected chi connectivity index (χ0v) is 18.8. The van der Waals surface area contributed by atoms with Gasteiger partial charge in [0.2, 0.25) is 6.29 Å². The molecule has 13 heteroatoms. The Labute approximate surface area is 195 Å². The van der Waals surface area contributed by atoms with Crippen molar-refractivity contribution >= 4 is 11.7 Å². The number of esters is 1. The molecule has 3 rings (SSSR count). The van der Waals surface area contributed by atoms with Crippen LogP contribution in [0.15, 0.2) is 24.4 Å². The summed E-state index contributed by atoms with van der Waals surface area (Å²) in [5, 5.41) is 48.9. The third kappa shape index (κ3) is 6.26. The Morgan fingerprint density at radius 3 is 2.82 bits per heavy atom. The van der Waals surface area contributed by atoms with Gasteiger partial charge in [-0.1, -0.05) is 18.2 Å². The normalized spacial score (nSPS) is 23.3. The molecule has 1 aliphatic heterocycles. The molecule has 1 aromatic heterocycles. The van der Waals surface area contributed by atoms with Gasteiger partial charge in [0.1, 0.15) is 18.3 Å². The predicted octanol–water partition coefficient (Wildman–Crippen LogP) is 0.651. The second-order valence-corrected chi connectivity index (χ2v) is 7.96. The number of hydrogen-bond acceptors (Lipinski definition) is 11. The minimum Gasteiger partial charge on any atom is -0.458 e. The van der Waals surface area contributed by atoms with Crippen LogP contribution >= 0.6 is 0 Å². The molecule has 13 nitrogen and oxygen atoms in total. The van der Waals surface area contributed by atoms with Crippen LogP contribution in [0.25, 0.3) is 0 Å². The fraction of sp³-hybridized carbons (Fsp3) is 0.571. The maximum absolute atomic E-state index is 11.8. The van der Waals surface area contributed by atoms with E-state index >= 15 is 0 Å². The second kappa shape index (κ2) is 11.3. The second-order valence-electron chi connectivity index (χ2n) is 7.96.